The summed E-state index contributed by atoms with van der Waals surface area (Å²) in [5, 5.41) is 14.6. The average Bonchev–Trinajstić information content (AvgIpc) is 2.79. The Kier molecular flexibility index (Phi) is 5.95. The van der Waals surface area contributed by atoms with E-state index in [1.54, 1.807) is 25.3 Å². The maximum Gasteiger partial charge on any atom is 0.293 e. The van der Waals surface area contributed by atoms with Crippen LogP contribution in [-0.4, -0.2) is 15.8 Å². The molecule has 0 bridgehead atoms. The van der Waals surface area contributed by atoms with E-state index < -0.39 is 10.2 Å². The Balaban J connectivity index is 1.71. The molecule has 0 spiro atoms. The lowest BCUT2D eigenvalue weighted by atomic mass is 10.1. The van der Waals surface area contributed by atoms with Crippen molar-refractivity contribution in [3.8, 4) is 0 Å². The van der Waals surface area contributed by atoms with Gasteiger partial charge in [-0.2, -0.15) is 0 Å². The number of pyridine rings is 1. The fourth-order valence-corrected chi connectivity index (χ4v) is 4.45. The number of amides is 1. The van der Waals surface area contributed by atoms with Crippen LogP contribution in [0.15, 0.2) is 90.0 Å². The second-order valence-electron chi connectivity index (χ2n) is 7.00. The molecular weight excluding hydrogens is 410 g/mol. The highest BCUT2D eigenvalue weighted by Crippen LogP contribution is 2.39. The maximum atomic E-state index is 13.3. The molecule has 6 nitrogen and oxygen atoms in total. The van der Waals surface area contributed by atoms with Crippen LogP contribution in [0, 0.1) is 17.0 Å². The number of aryl methyl sites for hydroxylation is 1. The van der Waals surface area contributed by atoms with Gasteiger partial charge in [0.2, 0.25) is 5.91 Å². The van der Waals surface area contributed by atoms with Crippen LogP contribution in [0.1, 0.15) is 16.4 Å². The highest BCUT2D eigenvalue weighted by molar-refractivity contribution is 8.00. The molecule has 4 aromatic rings. The zero-order chi connectivity index (χ0) is 21.8. The third-order valence-electron chi connectivity index (χ3n) is 4.80. The second kappa shape index (κ2) is 8.97. The molecular formula is C24H19N3O3S. The Hall–Kier alpha value is -3.71. The average molecular weight is 430 g/mol. The number of fused-ring (bicyclic) bond motifs is 1. The maximum absolute atomic E-state index is 13.3. The summed E-state index contributed by atoms with van der Waals surface area (Å²) in [6, 6.07) is 23.8. The van der Waals surface area contributed by atoms with Crippen molar-refractivity contribution in [3.05, 3.63) is 106 Å². The molecule has 1 amide bonds. The van der Waals surface area contributed by atoms with Gasteiger partial charge in [-0.15, -0.1) is 11.8 Å². The monoisotopic (exact) mass is 429 g/mol. The van der Waals surface area contributed by atoms with E-state index in [1.807, 2.05) is 60.7 Å². The molecule has 1 atom stereocenters. The zero-order valence-corrected chi connectivity index (χ0v) is 17.5. The van der Waals surface area contributed by atoms with Crippen LogP contribution in [0.2, 0.25) is 0 Å². The quantitative estimate of drug-likeness (QED) is 0.233. The molecule has 154 valence electrons. The highest BCUT2D eigenvalue weighted by Gasteiger charge is 2.25. The summed E-state index contributed by atoms with van der Waals surface area (Å²) >= 11 is 1.39. The second-order valence-corrected chi connectivity index (χ2v) is 8.15. The standard InChI is InChI=1S/C24H19N3O3S/c1-16-11-12-20(21(15-16)27(29)30)26-24(28)23(17-7-3-2-4-8-17)31-22-13-14-25-19-10-6-5-9-18(19)22/h2-15,23H,1H3,(H,26,28). The van der Waals surface area contributed by atoms with E-state index in [-0.39, 0.29) is 17.3 Å². The number of hydrogen-bond acceptors (Lipinski definition) is 5. The van der Waals surface area contributed by atoms with Crippen molar-refractivity contribution < 1.29 is 9.72 Å². The van der Waals surface area contributed by atoms with E-state index in [0.29, 0.717) is 0 Å². The number of carbonyl (C=O) groups excluding carboxylic acids is 1. The molecule has 31 heavy (non-hydrogen) atoms. The van der Waals surface area contributed by atoms with Crippen molar-refractivity contribution >= 4 is 39.9 Å². The number of nitrogens with zero attached hydrogens (tertiary/aromatic N) is 2. The third-order valence-corrected chi connectivity index (χ3v) is 6.13. The van der Waals surface area contributed by atoms with E-state index in [4.69, 9.17) is 0 Å². The number of para-hydroxylation sites is 1. The summed E-state index contributed by atoms with van der Waals surface area (Å²) in [6.07, 6.45) is 1.72. The van der Waals surface area contributed by atoms with Gasteiger partial charge in [0.05, 0.1) is 10.4 Å². The highest BCUT2D eigenvalue weighted by atomic mass is 32.2. The number of thioether (sulfide) groups is 1. The molecule has 4 rings (SSSR count). The van der Waals surface area contributed by atoms with Gasteiger partial charge >= 0.3 is 0 Å². The first kappa shape index (κ1) is 20.6. The largest absolute Gasteiger partial charge is 0.319 e. The number of hydrogen-bond donors (Lipinski definition) is 1. The first-order valence-electron chi connectivity index (χ1n) is 9.64. The number of anilines is 1. The van der Waals surface area contributed by atoms with Gasteiger partial charge in [0.15, 0.2) is 0 Å². The first-order valence-corrected chi connectivity index (χ1v) is 10.5. The van der Waals surface area contributed by atoms with E-state index in [1.165, 1.54) is 17.8 Å². The number of nitro groups is 1. The molecule has 1 unspecified atom stereocenters. The van der Waals surface area contributed by atoms with Gasteiger partial charge in [0.1, 0.15) is 10.9 Å². The van der Waals surface area contributed by atoms with Gasteiger partial charge in [0.25, 0.3) is 5.69 Å². The van der Waals surface area contributed by atoms with Crippen molar-refractivity contribution in [2.45, 2.75) is 17.1 Å². The first-order chi connectivity index (χ1) is 15.0. The predicted molar refractivity (Wildman–Crippen MR) is 123 cm³/mol. The molecule has 0 radical (unpaired) electrons. The van der Waals surface area contributed by atoms with Gasteiger partial charge in [-0.3, -0.25) is 19.9 Å². The SMILES string of the molecule is Cc1ccc(NC(=O)C(Sc2ccnc3ccccc23)c2ccccc2)c([N+](=O)[O-])c1. The molecule has 0 aliphatic heterocycles. The molecule has 0 fully saturated rings. The summed E-state index contributed by atoms with van der Waals surface area (Å²) in [5.74, 6) is -0.330. The zero-order valence-electron chi connectivity index (χ0n) is 16.7. The topological polar surface area (TPSA) is 85.1 Å². The van der Waals surface area contributed by atoms with Crippen molar-refractivity contribution in [2.24, 2.45) is 0 Å². The van der Waals surface area contributed by atoms with Crippen LogP contribution in [0.4, 0.5) is 11.4 Å². The normalized spacial score (nSPS) is 11.8. The van der Waals surface area contributed by atoms with Crippen molar-refractivity contribution in [2.75, 3.05) is 5.32 Å². The Bertz CT molecular complexity index is 1260. The minimum atomic E-state index is -0.604. The van der Waals surface area contributed by atoms with Crippen molar-refractivity contribution in [1.29, 1.82) is 0 Å². The minimum Gasteiger partial charge on any atom is -0.319 e. The van der Waals surface area contributed by atoms with Crippen molar-refractivity contribution in [3.63, 3.8) is 0 Å². The molecule has 0 aliphatic rings. The molecule has 3 aromatic carbocycles. The summed E-state index contributed by atoms with van der Waals surface area (Å²) in [4.78, 5) is 29.6. The molecule has 1 heterocycles. The van der Waals surface area contributed by atoms with Crippen LogP contribution in [0.25, 0.3) is 10.9 Å². The van der Waals surface area contributed by atoms with Crippen LogP contribution in [0.5, 0.6) is 0 Å². The molecule has 7 heteroatoms. The fraction of sp³-hybridized carbons (Fsp3) is 0.0833. The summed E-state index contributed by atoms with van der Waals surface area (Å²) < 4.78 is 0. The van der Waals surface area contributed by atoms with Gasteiger partial charge < -0.3 is 5.32 Å². The molecule has 1 aromatic heterocycles. The molecule has 1 N–H and O–H groups in total. The number of carbonyl (C=O) groups is 1. The van der Waals surface area contributed by atoms with E-state index in [2.05, 4.69) is 10.3 Å². The number of benzene rings is 3. The van der Waals surface area contributed by atoms with Crippen LogP contribution >= 0.6 is 11.8 Å². The summed E-state index contributed by atoms with van der Waals surface area (Å²) in [5.41, 5.74) is 2.46. The number of aromatic nitrogens is 1. The predicted octanol–water partition coefficient (Wildman–Crippen LogP) is 5.92. The Labute approximate surface area is 183 Å². The van der Waals surface area contributed by atoms with Crippen LogP contribution < -0.4 is 5.32 Å². The van der Waals surface area contributed by atoms with Gasteiger partial charge in [0, 0.05) is 22.5 Å². The van der Waals surface area contributed by atoms with E-state index in [9.17, 15) is 14.9 Å². The van der Waals surface area contributed by atoms with E-state index in [0.717, 1.165) is 26.9 Å². The molecule has 0 saturated heterocycles. The van der Waals surface area contributed by atoms with Crippen LogP contribution in [-0.2, 0) is 4.79 Å². The Morgan fingerprint density at radius 2 is 1.77 bits per heavy atom. The molecule has 0 aliphatic carbocycles. The lowest BCUT2D eigenvalue weighted by molar-refractivity contribution is -0.384. The Morgan fingerprint density at radius 3 is 2.55 bits per heavy atom. The third kappa shape index (κ3) is 4.57. The lowest BCUT2D eigenvalue weighted by Gasteiger charge is -2.18. The summed E-state index contributed by atoms with van der Waals surface area (Å²) in [7, 11) is 0. The number of nitrogens with one attached hydrogen (secondary N) is 1. The Morgan fingerprint density at radius 1 is 1.03 bits per heavy atom. The van der Waals surface area contributed by atoms with Gasteiger partial charge in [-0.05, 0) is 36.2 Å². The fourth-order valence-electron chi connectivity index (χ4n) is 3.30. The minimum absolute atomic E-state index is 0.125. The van der Waals surface area contributed by atoms with Gasteiger partial charge in [-0.1, -0.05) is 54.6 Å². The van der Waals surface area contributed by atoms with E-state index >= 15 is 0 Å². The van der Waals surface area contributed by atoms with Crippen molar-refractivity contribution in [1.82, 2.24) is 4.98 Å². The smallest absolute Gasteiger partial charge is 0.293 e. The molecule has 0 saturated carbocycles. The number of rotatable bonds is 6. The lowest BCUT2D eigenvalue weighted by Crippen LogP contribution is -2.19. The van der Waals surface area contributed by atoms with Crippen LogP contribution in [0.3, 0.4) is 0 Å². The van der Waals surface area contributed by atoms with Gasteiger partial charge in [-0.25, -0.2) is 0 Å². The summed E-state index contributed by atoms with van der Waals surface area (Å²) in [6.45, 7) is 1.77. The number of nitro benzene ring substituents is 1.